The maximum atomic E-state index is 12.3. The summed E-state index contributed by atoms with van der Waals surface area (Å²) in [4.78, 5) is 36.0. The SMILES string of the molecule is COC(=O)n1cnc2c(NC(=O)c3ccc(OC)cc3)ncnc21. The highest BCUT2D eigenvalue weighted by Gasteiger charge is 2.16. The predicted molar refractivity (Wildman–Crippen MR) is 84.1 cm³/mol. The van der Waals surface area contributed by atoms with E-state index in [0.29, 0.717) is 11.3 Å². The van der Waals surface area contributed by atoms with Crippen LogP contribution < -0.4 is 10.1 Å². The molecule has 0 bridgehead atoms. The maximum absolute atomic E-state index is 12.3. The minimum absolute atomic E-state index is 0.198. The number of nitrogens with one attached hydrogen (secondary N) is 1. The summed E-state index contributed by atoms with van der Waals surface area (Å²) >= 11 is 0. The van der Waals surface area contributed by atoms with Crippen molar-refractivity contribution >= 4 is 29.0 Å². The lowest BCUT2D eigenvalue weighted by atomic mass is 10.2. The van der Waals surface area contributed by atoms with Gasteiger partial charge in [-0.1, -0.05) is 0 Å². The number of benzene rings is 1. The van der Waals surface area contributed by atoms with Gasteiger partial charge in [0.1, 0.15) is 18.4 Å². The number of rotatable bonds is 3. The van der Waals surface area contributed by atoms with E-state index in [9.17, 15) is 9.59 Å². The van der Waals surface area contributed by atoms with E-state index in [4.69, 9.17) is 4.74 Å². The van der Waals surface area contributed by atoms with Crippen molar-refractivity contribution in [1.82, 2.24) is 19.5 Å². The van der Waals surface area contributed by atoms with Gasteiger partial charge in [-0.05, 0) is 24.3 Å². The molecule has 0 aliphatic carbocycles. The molecular formula is C15H13N5O4. The molecule has 0 spiro atoms. The largest absolute Gasteiger partial charge is 0.497 e. The fourth-order valence-electron chi connectivity index (χ4n) is 2.08. The highest BCUT2D eigenvalue weighted by atomic mass is 16.5. The first-order valence-corrected chi connectivity index (χ1v) is 6.86. The average molecular weight is 327 g/mol. The lowest BCUT2D eigenvalue weighted by molar-refractivity contribution is 0.102. The molecule has 1 N–H and O–H groups in total. The quantitative estimate of drug-likeness (QED) is 0.780. The zero-order chi connectivity index (χ0) is 17.1. The molecule has 0 unspecified atom stereocenters. The van der Waals surface area contributed by atoms with Crippen LogP contribution in [-0.4, -0.2) is 45.7 Å². The summed E-state index contributed by atoms with van der Waals surface area (Å²) in [5.74, 6) is 0.474. The fourth-order valence-corrected chi connectivity index (χ4v) is 2.08. The zero-order valence-electron chi connectivity index (χ0n) is 12.9. The number of amides is 1. The van der Waals surface area contributed by atoms with Gasteiger partial charge >= 0.3 is 6.09 Å². The molecule has 3 aromatic rings. The number of ether oxygens (including phenoxy) is 2. The molecule has 9 heteroatoms. The van der Waals surface area contributed by atoms with E-state index in [2.05, 4.69) is 25.0 Å². The minimum atomic E-state index is -0.636. The normalized spacial score (nSPS) is 10.4. The number of imidazole rings is 1. The molecule has 2 aromatic heterocycles. The molecule has 0 saturated carbocycles. The highest BCUT2D eigenvalue weighted by Crippen LogP contribution is 2.19. The second-order valence-electron chi connectivity index (χ2n) is 4.66. The van der Waals surface area contributed by atoms with E-state index in [1.54, 1.807) is 31.4 Å². The molecule has 0 saturated heterocycles. The number of nitrogens with zero attached hydrogens (tertiary/aromatic N) is 4. The summed E-state index contributed by atoms with van der Waals surface area (Å²) in [5, 5.41) is 2.65. The van der Waals surface area contributed by atoms with Crippen LogP contribution in [0.15, 0.2) is 36.9 Å². The summed E-state index contributed by atoms with van der Waals surface area (Å²) in [6, 6.07) is 6.60. The Bertz CT molecular complexity index is 904. The van der Waals surface area contributed by atoms with Gasteiger partial charge in [-0.15, -0.1) is 0 Å². The first-order chi connectivity index (χ1) is 11.6. The van der Waals surface area contributed by atoms with Crippen molar-refractivity contribution in [1.29, 1.82) is 0 Å². The lowest BCUT2D eigenvalue weighted by Crippen LogP contribution is -2.14. The predicted octanol–water partition coefficient (Wildman–Crippen LogP) is 1.70. The number of hydrogen-bond acceptors (Lipinski definition) is 7. The summed E-state index contributed by atoms with van der Waals surface area (Å²) in [5.41, 5.74) is 0.946. The van der Waals surface area contributed by atoms with Crippen LogP contribution >= 0.6 is 0 Å². The molecule has 0 atom stereocenters. The molecular weight excluding hydrogens is 314 g/mol. The van der Waals surface area contributed by atoms with Crippen molar-refractivity contribution in [3.8, 4) is 5.75 Å². The Morgan fingerprint density at radius 1 is 1.08 bits per heavy atom. The maximum Gasteiger partial charge on any atom is 0.420 e. The van der Waals surface area contributed by atoms with Gasteiger partial charge in [-0.25, -0.2) is 24.3 Å². The van der Waals surface area contributed by atoms with Gasteiger partial charge in [0, 0.05) is 5.56 Å². The lowest BCUT2D eigenvalue weighted by Gasteiger charge is -2.06. The number of carbonyl (C=O) groups is 2. The van der Waals surface area contributed by atoms with Crippen LogP contribution in [0.2, 0.25) is 0 Å². The number of methoxy groups -OCH3 is 2. The third kappa shape index (κ3) is 2.74. The Kier molecular flexibility index (Phi) is 4.06. The van der Waals surface area contributed by atoms with Gasteiger partial charge in [0.15, 0.2) is 17.0 Å². The molecule has 0 radical (unpaired) electrons. The third-order valence-corrected chi connectivity index (χ3v) is 3.29. The second kappa shape index (κ2) is 6.32. The molecule has 1 amide bonds. The van der Waals surface area contributed by atoms with Crippen LogP contribution in [0.3, 0.4) is 0 Å². The summed E-state index contributed by atoms with van der Waals surface area (Å²) in [7, 11) is 2.80. The van der Waals surface area contributed by atoms with E-state index in [-0.39, 0.29) is 22.9 Å². The van der Waals surface area contributed by atoms with Gasteiger partial charge < -0.3 is 14.8 Å². The molecule has 9 nitrogen and oxygen atoms in total. The van der Waals surface area contributed by atoms with E-state index < -0.39 is 6.09 Å². The number of carbonyl (C=O) groups excluding carboxylic acids is 2. The fraction of sp³-hybridized carbons (Fsp3) is 0.133. The Labute approximate surface area is 136 Å². The molecule has 0 fully saturated rings. The van der Waals surface area contributed by atoms with Crippen molar-refractivity contribution in [2.75, 3.05) is 19.5 Å². The first kappa shape index (κ1) is 15.4. The van der Waals surface area contributed by atoms with E-state index in [1.807, 2.05) is 0 Å². The monoisotopic (exact) mass is 327 g/mol. The molecule has 0 aliphatic heterocycles. The average Bonchev–Trinajstić information content (AvgIpc) is 3.06. The van der Waals surface area contributed by atoms with Crippen LogP contribution in [0.4, 0.5) is 10.6 Å². The van der Waals surface area contributed by atoms with E-state index >= 15 is 0 Å². The number of fused-ring (bicyclic) bond motifs is 1. The van der Waals surface area contributed by atoms with Crippen molar-refractivity contribution in [3.63, 3.8) is 0 Å². The summed E-state index contributed by atoms with van der Waals surface area (Å²) in [6.45, 7) is 0. The third-order valence-electron chi connectivity index (χ3n) is 3.29. The molecule has 122 valence electrons. The molecule has 3 rings (SSSR count). The zero-order valence-corrected chi connectivity index (χ0v) is 12.9. The molecule has 24 heavy (non-hydrogen) atoms. The highest BCUT2D eigenvalue weighted by molar-refractivity contribution is 6.07. The number of hydrogen-bond donors (Lipinski definition) is 1. The van der Waals surface area contributed by atoms with Gasteiger partial charge in [-0.3, -0.25) is 4.79 Å². The Morgan fingerprint density at radius 3 is 2.50 bits per heavy atom. The molecule has 1 aromatic carbocycles. The summed E-state index contributed by atoms with van der Waals surface area (Å²) in [6.07, 6.45) is 1.85. The number of anilines is 1. The van der Waals surface area contributed by atoms with Crippen LogP contribution in [0.25, 0.3) is 11.2 Å². The van der Waals surface area contributed by atoms with Crippen LogP contribution in [0, 0.1) is 0 Å². The van der Waals surface area contributed by atoms with Gasteiger partial charge in [-0.2, -0.15) is 0 Å². The topological polar surface area (TPSA) is 108 Å². The minimum Gasteiger partial charge on any atom is -0.497 e. The van der Waals surface area contributed by atoms with Gasteiger partial charge in [0.05, 0.1) is 14.2 Å². The van der Waals surface area contributed by atoms with Crippen molar-refractivity contribution in [2.45, 2.75) is 0 Å². The van der Waals surface area contributed by atoms with E-state index in [0.717, 1.165) is 4.57 Å². The van der Waals surface area contributed by atoms with Crippen LogP contribution in [0.5, 0.6) is 5.75 Å². The van der Waals surface area contributed by atoms with Crippen molar-refractivity contribution < 1.29 is 19.1 Å². The van der Waals surface area contributed by atoms with Gasteiger partial charge in [0.25, 0.3) is 5.91 Å². The molecule has 2 heterocycles. The Hall–Kier alpha value is -3.49. The van der Waals surface area contributed by atoms with Crippen LogP contribution in [0.1, 0.15) is 10.4 Å². The molecule has 0 aliphatic rings. The van der Waals surface area contributed by atoms with Gasteiger partial charge in [0.2, 0.25) is 0 Å². The van der Waals surface area contributed by atoms with Crippen molar-refractivity contribution in [2.24, 2.45) is 0 Å². The second-order valence-corrected chi connectivity index (χ2v) is 4.66. The summed E-state index contributed by atoms with van der Waals surface area (Å²) < 4.78 is 10.8. The van der Waals surface area contributed by atoms with E-state index in [1.165, 1.54) is 19.8 Å². The smallest absolute Gasteiger partial charge is 0.420 e. The van der Waals surface area contributed by atoms with Crippen molar-refractivity contribution in [3.05, 3.63) is 42.5 Å². The number of aromatic nitrogens is 4. The standard InChI is InChI=1S/C15H13N5O4/c1-23-10-5-3-9(4-6-10)14(21)19-12-11-13(17-7-16-12)20(8-18-11)15(22)24-2/h3-8H,1-2H3,(H,16,17,19,21). The first-order valence-electron chi connectivity index (χ1n) is 6.86. The Balaban J connectivity index is 1.90. The van der Waals surface area contributed by atoms with Crippen LogP contribution in [-0.2, 0) is 4.74 Å². The Morgan fingerprint density at radius 2 is 1.83 bits per heavy atom.